The summed E-state index contributed by atoms with van der Waals surface area (Å²) >= 11 is 0. The third kappa shape index (κ3) is 9.06. The van der Waals surface area contributed by atoms with Gasteiger partial charge in [0, 0.05) is 34.0 Å². The first kappa shape index (κ1) is 36.6. The van der Waals surface area contributed by atoms with Crippen molar-refractivity contribution in [2.24, 2.45) is 0 Å². The molecule has 9 heteroatoms. The minimum Gasteiger partial charge on any atom is -0.325 e. The average molecular weight is 573 g/mol. The quantitative estimate of drug-likeness (QED) is 0.135. The second-order valence-electron chi connectivity index (χ2n) is 10.8. The Kier molecular flexibility index (Phi) is 16.9. The lowest BCUT2D eigenvalue weighted by Gasteiger charge is -2.36. The van der Waals surface area contributed by atoms with E-state index in [4.69, 9.17) is 13.6 Å². The summed E-state index contributed by atoms with van der Waals surface area (Å²) in [4.78, 5) is 0. The second kappa shape index (κ2) is 16.6. The zero-order valence-electron chi connectivity index (χ0n) is 25.5. The van der Waals surface area contributed by atoms with Gasteiger partial charge in [-0.25, -0.2) is 0 Å². The maximum Gasteiger partial charge on any atom is 0.208 e. The Morgan fingerprint density at radius 2 is 0.667 bits per heavy atom. The standard InChI is InChI=1S/C27H59O6P3/c1-13-21(7)34(28,22(8)14-2)31-19-27(33-36(30,25(11)17-5)26(12)18-6)20-32-35(29,23(9)15-3)24(10)16-4/h21-27H,13-20H2,1-12H3. The van der Waals surface area contributed by atoms with Crippen molar-refractivity contribution in [1.29, 1.82) is 0 Å². The van der Waals surface area contributed by atoms with Crippen molar-refractivity contribution in [2.75, 3.05) is 13.2 Å². The molecule has 0 spiro atoms. The summed E-state index contributed by atoms with van der Waals surface area (Å²) in [6.45, 7) is 24.0. The first-order valence-corrected chi connectivity index (χ1v) is 19.7. The van der Waals surface area contributed by atoms with E-state index in [-0.39, 0.29) is 47.2 Å². The molecule has 0 aromatic rings. The van der Waals surface area contributed by atoms with Gasteiger partial charge in [0.25, 0.3) is 0 Å². The van der Waals surface area contributed by atoms with Crippen LogP contribution in [-0.2, 0) is 27.3 Å². The van der Waals surface area contributed by atoms with E-state index in [1.165, 1.54) is 0 Å². The summed E-state index contributed by atoms with van der Waals surface area (Å²) in [5, 5.41) is 0. The van der Waals surface area contributed by atoms with E-state index in [1.54, 1.807) is 0 Å². The van der Waals surface area contributed by atoms with E-state index in [0.717, 1.165) is 38.5 Å². The van der Waals surface area contributed by atoms with Crippen molar-refractivity contribution >= 4 is 22.1 Å². The second-order valence-corrected chi connectivity index (χ2v) is 20.7. The Balaban J connectivity index is 6.27. The number of rotatable bonds is 20. The van der Waals surface area contributed by atoms with Crippen molar-refractivity contribution in [3.63, 3.8) is 0 Å². The molecule has 6 unspecified atom stereocenters. The van der Waals surface area contributed by atoms with Crippen LogP contribution >= 0.6 is 22.1 Å². The molecular weight excluding hydrogens is 513 g/mol. The first-order valence-electron chi connectivity index (χ1n) is 14.4. The Labute approximate surface area is 224 Å². The van der Waals surface area contributed by atoms with Crippen molar-refractivity contribution in [1.82, 2.24) is 0 Å². The highest BCUT2D eigenvalue weighted by molar-refractivity contribution is 7.61. The van der Waals surface area contributed by atoms with Crippen LogP contribution in [0.5, 0.6) is 0 Å². The topological polar surface area (TPSA) is 78.9 Å². The van der Waals surface area contributed by atoms with Crippen molar-refractivity contribution < 1.29 is 27.3 Å². The van der Waals surface area contributed by atoms with Gasteiger partial charge in [-0.05, 0) is 38.5 Å². The van der Waals surface area contributed by atoms with Gasteiger partial charge in [-0.15, -0.1) is 0 Å². The van der Waals surface area contributed by atoms with Gasteiger partial charge in [-0.2, -0.15) is 0 Å². The molecule has 218 valence electrons. The molecule has 0 rings (SSSR count). The van der Waals surface area contributed by atoms with Gasteiger partial charge in [0.1, 0.15) is 6.10 Å². The normalized spacial score (nSPS) is 23.3. The van der Waals surface area contributed by atoms with Crippen LogP contribution in [0.2, 0.25) is 0 Å². The molecule has 0 bridgehead atoms. The van der Waals surface area contributed by atoms with Crippen LogP contribution in [0.3, 0.4) is 0 Å². The molecular formula is C27H59O6P3. The van der Waals surface area contributed by atoms with Gasteiger partial charge in [-0.3, -0.25) is 13.7 Å². The monoisotopic (exact) mass is 572 g/mol. The van der Waals surface area contributed by atoms with Gasteiger partial charge in [0.15, 0.2) is 0 Å². The maximum atomic E-state index is 14.2. The molecule has 0 aliphatic heterocycles. The fraction of sp³-hybridized carbons (Fsp3) is 1.00. The SMILES string of the molecule is CCC(C)P(=O)(OCC(COP(=O)(C(C)CC)C(C)CC)OP(=O)(C(C)CC)C(C)CC)C(C)CC. The highest BCUT2D eigenvalue weighted by Gasteiger charge is 2.42. The van der Waals surface area contributed by atoms with Gasteiger partial charge in [-0.1, -0.05) is 83.1 Å². The predicted octanol–water partition coefficient (Wildman–Crippen LogP) is 10.0. The van der Waals surface area contributed by atoms with Gasteiger partial charge in [0.05, 0.1) is 13.2 Å². The lowest BCUT2D eigenvalue weighted by atomic mass is 10.4. The molecule has 0 aromatic heterocycles. The Morgan fingerprint density at radius 1 is 0.444 bits per heavy atom. The molecule has 0 aliphatic carbocycles. The zero-order valence-corrected chi connectivity index (χ0v) is 28.2. The van der Waals surface area contributed by atoms with E-state index in [9.17, 15) is 13.7 Å². The van der Waals surface area contributed by atoms with E-state index >= 15 is 0 Å². The van der Waals surface area contributed by atoms with E-state index in [0.29, 0.717) is 0 Å². The molecule has 0 fully saturated rings. The Bertz CT molecular complexity index is 674. The molecule has 0 amide bonds. The molecule has 0 aliphatic rings. The van der Waals surface area contributed by atoms with E-state index in [1.807, 2.05) is 83.1 Å². The van der Waals surface area contributed by atoms with Crippen LogP contribution in [0.25, 0.3) is 0 Å². The van der Waals surface area contributed by atoms with E-state index in [2.05, 4.69) is 0 Å². The van der Waals surface area contributed by atoms with Crippen molar-refractivity contribution in [3.05, 3.63) is 0 Å². The summed E-state index contributed by atoms with van der Waals surface area (Å²) in [6, 6.07) is 0. The summed E-state index contributed by atoms with van der Waals surface area (Å²) in [6.07, 6.45) is 3.75. The predicted molar refractivity (Wildman–Crippen MR) is 158 cm³/mol. The van der Waals surface area contributed by atoms with Crippen molar-refractivity contribution in [2.45, 2.75) is 162 Å². The van der Waals surface area contributed by atoms with Gasteiger partial charge >= 0.3 is 0 Å². The lowest BCUT2D eigenvalue weighted by Crippen LogP contribution is -2.30. The molecule has 0 radical (unpaired) electrons. The minimum atomic E-state index is -3.08. The van der Waals surface area contributed by atoms with Crippen molar-refractivity contribution in [3.8, 4) is 0 Å². The molecule has 0 N–H and O–H groups in total. The molecule has 6 nitrogen and oxygen atoms in total. The smallest absolute Gasteiger partial charge is 0.208 e. The van der Waals surface area contributed by atoms with Crippen LogP contribution in [-0.4, -0.2) is 53.3 Å². The van der Waals surface area contributed by atoms with Crippen LogP contribution in [0, 0.1) is 0 Å². The maximum absolute atomic E-state index is 14.2. The largest absolute Gasteiger partial charge is 0.325 e. The summed E-state index contributed by atoms with van der Waals surface area (Å²) in [5.41, 5.74) is -0.594. The number of hydrogen-bond donors (Lipinski definition) is 0. The molecule has 0 saturated heterocycles. The third-order valence-corrected chi connectivity index (χ3v) is 19.8. The minimum absolute atomic E-state index is 0.0177. The highest BCUT2D eigenvalue weighted by atomic mass is 31.2. The highest BCUT2D eigenvalue weighted by Crippen LogP contribution is 2.62. The van der Waals surface area contributed by atoms with Crippen LogP contribution < -0.4 is 0 Å². The lowest BCUT2D eigenvalue weighted by molar-refractivity contribution is 0.0797. The summed E-state index contributed by atoms with van der Waals surface area (Å²) in [7, 11) is -9.06. The van der Waals surface area contributed by atoms with Gasteiger partial charge in [0.2, 0.25) is 22.1 Å². The molecule has 6 atom stereocenters. The zero-order chi connectivity index (χ0) is 28.3. The van der Waals surface area contributed by atoms with Crippen LogP contribution in [0.1, 0.15) is 122 Å². The van der Waals surface area contributed by atoms with E-state index < -0.39 is 28.2 Å². The Morgan fingerprint density at radius 3 is 0.889 bits per heavy atom. The molecule has 0 aromatic carbocycles. The fourth-order valence-electron chi connectivity index (χ4n) is 4.29. The molecule has 36 heavy (non-hydrogen) atoms. The number of hydrogen-bond acceptors (Lipinski definition) is 6. The summed E-state index contributed by atoms with van der Waals surface area (Å²) in [5.74, 6) is 0. The van der Waals surface area contributed by atoms with Crippen LogP contribution in [0.4, 0.5) is 0 Å². The van der Waals surface area contributed by atoms with Crippen LogP contribution in [0.15, 0.2) is 0 Å². The average Bonchev–Trinajstić information content (AvgIpc) is 2.90. The fourth-order valence-corrected chi connectivity index (χ4v) is 12.8. The van der Waals surface area contributed by atoms with Gasteiger partial charge < -0.3 is 13.6 Å². The summed E-state index contributed by atoms with van der Waals surface area (Å²) < 4.78 is 61.2. The molecule has 0 heterocycles. The molecule has 0 saturated carbocycles. The Hall–Kier alpha value is 0.570. The first-order chi connectivity index (χ1) is 16.7. The third-order valence-electron chi connectivity index (χ3n) is 8.47.